The molecule has 0 aromatic heterocycles. The third-order valence-electron chi connectivity index (χ3n) is 3.26. The summed E-state index contributed by atoms with van der Waals surface area (Å²) in [6, 6.07) is 6.93. The van der Waals surface area contributed by atoms with Crippen molar-refractivity contribution in [2.45, 2.75) is 52.6 Å². The Kier molecular flexibility index (Phi) is 6.03. The summed E-state index contributed by atoms with van der Waals surface area (Å²) in [5.74, 6) is -0.165. The highest BCUT2D eigenvalue weighted by Crippen LogP contribution is 2.13. The van der Waals surface area contributed by atoms with Crippen LogP contribution >= 0.6 is 0 Å². The van der Waals surface area contributed by atoms with E-state index in [1.165, 1.54) is 23.8 Å². The molecule has 0 heterocycles. The summed E-state index contributed by atoms with van der Waals surface area (Å²) in [5.41, 5.74) is 3.84. The number of hydrogen-bond acceptors (Lipinski definition) is 3. The van der Waals surface area contributed by atoms with Gasteiger partial charge >= 0.3 is 5.97 Å². The van der Waals surface area contributed by atoms with Gasteiger partial charge < -0.3 is 10.1 Å². The number of methoxy groups -OCH3 is 1. The van der Waals surface area contributed by atoms with Crippen molar-refractivity contribution in [3.8, 4) is 0 Å². The Hall–Kier alpha value is -1.35. The van der Waals surface area contributed by atoms with Crippen LogP contribution in [0.3, 0.4) is 0 Å². The summed E-state index contributed by atoms with van der Waals surface area (Å²) in [4.78, 5) is 11.5. The van der Waals surface area contributed by atoms with Crippen LogP contribution in [0.1, 0.15) is 37.0 Å². The van der Waals surface area contributed by atoms with Gasteiger partial charge in [0.25, 0.3) is 0 Å². The van der Waals surface area contributed by atoms with Gasteiger partial charge in [0.2, 0.25) is 0 Å². The van der Waals surface area contributed by atoms with E-state index in [0.29, 0.717) is 12.5 Å². The SMILES string of the molecule is COC(=O)CC(Cc1ccc(C)c(C)c1)NC(C)C. The summed E-state index contributed by atoms with van der Waals surface area (Å²) in [6.07, 6.45) is 1.25. The first-order valence-corrected chi connectivity index (χ1v) is 6.81. The number of carbonyl (C=O) groups is 1. The summed E-state index contributed by atoms with van der Waals surface area (Å²) in [7, 11) is 1.44. The molecule has 0 spiro atoms. The van der Waals surface area contributed by atoms with E-state index < -0.39 is 0 Å². The molecule has 0 aliphatic carbocycles. The summed E-state index contributed by atoms with van der Waals surface area (Å²) >= 11 is 0. The van der Waals surface area contributed by atoms with Gasteiger partial charge in [0.05, 0.1) is 13.5 Å². The first kappa shape index (κ1) is 15.7. The van der Waals surface area contributed by atoms with Crippen molar-refractivity contribution in [1.29, 1.82) is 0 Å². The fraction of sp³-hybridized carbons (Fsp3) is 0.562. The maximum atomic E-state index is 11.5. The van der Waals surface area contributed by atoms with E-state index in [-0.39, 0.29) is 12.0 Å². The molecule has 1 rings (SSSR count). The monoisotopic (exact) mass is 263 g/mol. The second-order valence-electron chi connectivity index (χ2n) is 5.42. The molecule has 0 saturated heterocycles. The summed E-state index contributed by atoms with van der Waals surface area (Å²) in [6.45, 7) is 8.40. The third-order valence-corrected chi connectivity index (χ3v) is 3.26. The molecule has 0 bridgehead atoms. The van der Waals surface area contributed by atoms with Crippen LogP contribution in [0.15, 0.2) is 18.2 Å². The minimum Gasteiger partial charge on any atom is -0.469 e. The lowest BCUT2D eigenvalue weighted by atomic mass is 9.99. The molecule has 0 aliphatic heterocycles. The minimum absolute atomic E-state index is 0.120. The Morgan fingerprint density at radius 2 is 1.95 bits per heavy atom. The van der Waals surface area contributed by atoms with Crippen LogP contribution in [-0.4, -0.2) is 25.2 Å². The summed E-state index contributed by atoms with van der Waals surface area (Å²) in [5, 5.41) is 3.43. The number of ether oxygens (including phenoxy) is 1. The molecular formula is C16H25NO2. The topological polar surface area (TPSA) is 38.3 Å². The smallest absolute Gasteiger partial charge is 0.307 e. The van der Waals surface area contributed by atoms with Gasteiger partial charge in [0, 0.05) is 12.1 Å². The zero-order valence-corrected chi connectivity index (χ0v) is 12.6. The molecule has 0 amide bonds. The maximum absolute atomic E-state index is 11.5. The van der Waals surface area contributed by atoms with Crippen LogP contribution in [0.25, 0.3) is 0 Å². The Bertz CT molecular complexity index is 427. The highest BCUT2D eigenvalue weighted by atomic mass is 16.5. The molecule has 1 aromatic rings. The second-order valence-corrected chi connectivity index (χ2v) is 5.42. The maximum Gasteiger partial charge on any atom is 0.307 e. The molecule has 1 N–H and O–H groups in total. The standard InChI is InChI=1S/C16H25NO2/c1-11(2)17-15(10-16(18)19-5)9-14-7-6-12(3)13(4)8-14/h6-8,11,15,17H,9-10H2,1-5H3. The second kappa shape index (κ2) is 7.29. The van der Waals surface area contributed by atoms with E-state index in [1.54, 1.807) is 0 Å². The largest absolute Gasteiger partial charge is 0.469 e. The van der Waals surface area contributed by atoms with E-state index in [0.717, 1.165) is 6.42 Å². The van der Waals surface area contributed by atoms with Crippen LogP contribution in [0.5, 0.6) is 0 Å². The van der Waals surface area contributed by atoms with Gasteiger partial charge in [-0.05, 0) is 37.0 Å². The van der Waals surface area contributed by atoms with E-state index in [1.807, 2.05) is 0 Å². The van der Waals surface area contributed by atoms with Crippen molar-refractivity contribution >= 4 is 5.97 Å². The van der Waals surface area contributed by atoms with Gasteiger partial charge in [-0.2, -0.15) is 0 Å². The molecule has 3 heteroatoms. The van der Waals surface area contributed by atoms with E-state index in [2.05, 4.69) is 51.2 Å². The number of rotatable bonds is 6. The lowest BCUT2D eigenvalue weighted by Gasteiger charge is -2.20. The van der Waals surface area contributed by atoms with Crippen LogP contribution in [0, 0.1) is 13.8 Å². The zero-order valence-electron chi connectivity index (χ0n) is 12.6. The van der Waals surface area contributed by atoms with Crippen molar-refractivity contribution < 1.29 is 9.53 Å². The van der Waals surface area contributed by atoms with Gasteiger partial charge in [-0.15, -0.1) is 0 Å². The number of esters is 1. The quantitative estimate of drug-likeness (QED) is 0.802. The van der Waals surface area contributed by atoms with Gasteiger partial charge in [-0.3, -0.25) is 4.79 Å². The lowest BCUT2D eigenvalue weighted by Crippen LogP contribution is -2.38. The lowest BCUT2D eigenvalue weighted by molar-refractivity contribution is -0.141. The highest BCUT2D eigenvalue weighted by Gasteiger charge is 2.16. The zero-order chi connectivity index (χ0) is 14.4. The van der Waals surface area contributed by atoms with E-state index in [4.69, 9.17) is 4.74 Å². The van der Waals surface area contributed by atoms with Crippen molar-refractivity contribution in [1.82, 2.24) is 5.32 Å². The Morgan fingerprint density at radius 3 is 2.47 bits per heavy atom. The van der Waals surface area contributed by atoms with Crippen molar-refractivity contribution in [2.75, 3.05) is 7.11 Å². The number of benzene rings is 1. The fourth-order valence-corrected chi connectivity index (χ4v) is 2.16. The van der Waals surface area contributed by atoms with Gasteiger partial charge in [-0.25, -0.2) is 0 Å². The van der Waals surface area contributed by atoms with Crippen LogP contribution in [0.4, 0.5) is 0 Å². The average molecular weight is 263 g/mol. The fourth-order valence-electron chi connectivity index (χ4n) is 2.16. The minimum atomic E-state index is -0.165. The molecule has 106 valence electrons. The third kappa shape index (κ3) is 5.43. The number of hydrogen-bond donors (Lipinski definition) is 1. The molecule has 3 nitrogen and oxygen atoms in total. The van der Waals surface area contributed by atoms with Gasteiger partial charge in [0.15, 0.2) is 0 Å². The number of aryl methyl sites for hydroxylation is 2. The predicted octanol–water partition coefficient (Wildman–Crippen LogP) is 2.78. The van der Waals surface area contributed by atoms with Crippen molar-refractivity contribution in [3.05, 3.63) is 34.9 Å². The van der Waals surface area contributed by atoms with Crippen LogP contribution < -0.4 is 5.32 Å². The predicted molar refractivity (Wildman–Crippen MR) is 78.3 cm³/mol. The molecule has 1 unspecified atom stereocenters. The van der Waals surface area contributed by atoms with Crippen LogP contribution in [-0.2, 0) is 16.0 Å². The number of nitrogens with one attached hydrogen (secondary N) is 1. The first-order valence-electron chi connectivity index (χ1n) is 6.81. The molecule has 0 aliphatic rings. The molecule has 0 saturated carbocycles. The van der Waals surface area contributed by atoms with Crippen molar-refractivity contribution in [2.24, 2.45) is 0 Å². The van der Waals surface area contributed by atoms with Crippen molar-refractivity contribution in [3.63, 3.8) is 0 Å². The number of carbonyl (C=O) groups excluding carboxylic acids is 1. The van der Waals surface area contributed by atoms with E-state index >= 15 is 0 Å². The molecule has 1 atom stereocenters. The molecular weight excluding hydrogens is 238 g/mol. The Labute approximate surface area is 116 Å². The molecule has 1 aromatic carbocycles. The molecule has 19 heavy (non-hydrogen) atoms. The summed E-state index contributed by atoms with van der Waals surface area (Å²) < 4.78 is 4.76. The molecule has 0 fully saturated rings. The highest BCUT2D eigenvalue weighted by molar-refractivity contribution is 5.70. The van der Waals surface area contributed by atoms with Gasteiger partial charge in [-0.1, -0.05) is 32.0 Å². The van der Waals surface area contributed by atoms with Gasteiger partial charge in [0.1, 0.15) is 0 Å². The van der Waals surface area contributed by atoms with E-state index in [9.17, 15) is 4.79 Å². The normalized spacial score (nSPS) is 12.5. The van der Waals surface area contributed by atoms with Crippen LogP contribution in [0.2, 0.25) is 0 Å². The molecule has 0 radical (unpaired) electrons. The first-order chi connectivity index (χ1) is 8.92. The Morgan fingerprint density at radius 1 is 1.26 bits per heavy atom. The Balaban J connectivity index is 2.74. The average Bonchev–Trinajstić information content (AvgIpc) is 2.32.